The van der Waals surface area contributed by atoms with Crippen LogP contribution in [-0.2, 0) is 0 Å². The maximum Gasteiger partial charge on any atom is 0.355 e. The van der Waals surface area contributed by atoms with Crippen molar-refractivity contribution in [1.29, 1.82) is 0 Å². The van der Waals surface area contributed by atoms with Gasteiger partial charge in [0.05, 0.1) is 21.2 Å². The number of aromatic carboxylic acids is 1. The lowest BCUT2D eigenvalue weighted by molar-refractivity contribution is 0.0689. The molecule has 0 saturated heterocycles. The molecule has 0 atom stereocenters. The summed E-state index contributed by atoms with van der Waals surface area (Å²) in [6, 6.07) is 11.2. The predicted octanol–water partition coefficient (Wildman–Crippen LogP) is 5.79. The summed E-state index contributed by atoms with van der Waals surface area (Å²) in [5, 5.41) is 11.6. The van der Waals surface area contributed by atoms with Crippen molar-refractivity contribution in [2.45, 2.75) is 20.8 Å². The van der Waals surface area contributed by atoms with Crippen molar-refractivity contribution >= 4 is 45.8 Å². The molecule has 0 saturated carbocycles. The molecule has 0 aliphatic carbocycles. The molecule has 0 bridgehead atoms. The van der Waals surface area contributed by atoms with E-state index in [0.717, 1.165) is 22.2 Å². The van der Waals surface area contributed by atoms with Crippen molar-refractivity contribution in [1.82, 2.24) is 4.57 Å². The standard InChI is InChI=1S/C20H20Cl2N2O2/c1-4-23(5-2)18-14-10-15(21)16(22)11-17(14)24(19(18)20(25)26)13-8-6-12(3)7-9-13/h6-11H,4-5H2,1-3H3,(H,25,26). The molecule has 0 amide bonds. The third-order valence-electron chi connectivity index (χ3n) is 4.56. The molecule has 4 nitrogen and oxygen atoms in total. The van der Waals surface area contributed by atoms with Gasteiger partial charge >= 0.3 is 5.97 Å². The summed E-state index contributed by atoms with van der Waals surface area (Å²) in [5.74, 6) is -0.990. The fraction of sp³-hybridized carbons (Fsp3) is 0.250. The van der Waals surface area contributed by atoms with E-state index in [1.54, 1.807) is 16.7 Å². The van der Waals surface area contributed by atoms with E-state index in [4.69, 9.17) is 23.2 Å². The van der Waals surface area contributed by atoms with Crippen LogP contribution >= 0.6 is 23.2 Å². The molecular formula is C20H20Cl2N2O2. The van der Waals surface area contributed by atoms with Gasteiger partial charge in [0, 0.05) is 24.2 Å². The lowest BCUT2D eigenvalue weighted by Gasteiger charge is -2.21. The van der Waals surface area contributed by atoms with E-state index >= 15 is 0 Å². The van der Waals surface area contributed by atoms with Gasteiger partial charge in [-0.15, -0.1) is 0 Å². The van der Waals surface area contributed by atoms with Crippen LogP contribution in [0.1, 0.15) is 29.9 Å². The van der Waals surface area contributed by atoms with Crippen LogP contribution in [0.25, 0.3) is 16.6 Å². The number of hydrogen-bond donors (Lipinski definition) is 1. The smallest absolute Gasteiger partial charge is 0.355 e. The Morgan fingerprint density at radius 1 is 1.08 bits per heavy atom. The molecule has 0 fully saturated rings. The molecule has 136 valence electrons. The molecule has 0 unspecified atom stereocenters. The van der Waals surface area contributed by atoms with Crippen LogP contribution in [0.3, 0.4) is 0 Å². The van der Waals surface area contributed by atoms with Crippen molar-refractivity contribution in [2.24, 2.45) is 0 Å². The van der Waals surface area contributed by atoms with E-state index in [1.807, 2.05) is 49.9 Å². The molecule has 1 aromatic heterocycles. The minimum Gasteiger partial charge on any atom is -0.476 e. The number of halogens is 2. The van der Waals surface area contributed by atoms with E-state index < -0.39 is 5.97 Å². The minimum absolute atomic E-state index is 0.214. The maximum atomic E-state index is 12.2. The van der Waals surface area contributed by atoms with Gasteiger partial charge in [0.15, 0.2) is 5.69 Å². The molecule has 0 spiro atoms. The van der Waals surface area contributed by atoms with Gasteiger partial charge in [-0.3, -0.25) is 0 Å². The van der Waals surface area contributed by atoms with Crippen LogP contribution in [0.5, 0.6) is 0 Å². The summed E-state index contributed by atoms with van der Waals surface area (Å²) < 4.78 is 1.74. The van der Waals surface area contributed by atoms with E-state index in [2.05, 4.69) is 0 Å². The molecule has 0 radical (unpaired) electrons. The summed E-state index contributed by atoms with van der Waals surface area (Å²) in [6.45, 7) is 7.37. The Bertz CT molecular complexity index is 974. The Morgan fingerprint density at radius 3 is 2.19 bits per heavy atom. The molecule has 3 aromatic rings. The number of hydrogen-bond acceptors (Lipinski definition) is 2. The number of fused-ring (bicyclic) bond motifs is 1. The highest BCUT2D eigenvalue weighted by atomic mass is 35.5. The van der Waals surface area contributed by atoms with Crippen LogP contribution in [0.4, 0.5) is 5.69 Å². The van der Waals surface area contributed by atoms with Gasteiger partial charge in [-0.1, -0.05) is 40.9 Å². The Labute approximate surface area is 162 Å². The van der Waals surface area contributed by atoms with Crippen molar-refractivity contribution in [3.8, 4) is 5.69 Å². The highest BCUT2D eigenvalue weighted by molar-refractivity contribution is 6.43. The second-order valence-corrected chi connectivity index (χ2v) is 6.94. The largest absolute Gasteiger partial charge is 0.476 e. The lowest BCUT2D eigenvalue weighted by Crippen LogP contribution is -2.24. The Balaban J connectivity index is 2.49. The number of nitrogens with zero attached hydrogens (tertiary/aromatic N) is 2. The zero-order valence-electron chi connectivity index (χ0n) is 14.9. The van der Waals surface area contributed by atoms with Gasteiger partial charge in [-0.25, -0.2) is 4.79 Å². The van der Waals surface area contributed by atoms with Crippen molar-refractivity contribution in [2.75, 3.05) is 18.0 Å². The molecule has 1 N–H and O–H groups in total. The summed E-state index contributed by atoms with van der Waals surface area (Å²) in [6.07, 6.45) is 0. The summed E-state index contributed by atoms with van der Waals surface area (Å²) in [4.78, 5) is 14.3. The number of carbonyl (C=O) groups is 1. The molecule has 1 heterocycles. The van der Waals surface area contributed by atoms with Gasteiger partial charge in [0.1, 0.15) is 0 Å². The fourth-order valence-electron chi connectivity index (χ4n) is 3.28. The molecule has 2 aromatic carbocycles. The molecular weight excluding hydrogens is 371 g/mol. The molecule has 6 heteroatoms. The second-order valence-electron chi connectivity index (χ2n) is 6.13. The van der Waals surface area contributed by atoms with Crippen molar-refractivity contribution < 1.29 is 9.90 Å². The monoisotopic (exact) mass is 390 g/mol. The SMILES string of the molecule is CCN(CC)c1c(C(=O)O)n(-c2ccc(C)cc2)c2cc(Cl)c(Cl)cc12. The zero-order chi connectivity index (χ0) is 19.0. The second kappa shape index (κ2) is 7.22. The van der Waals surface area contributed by atoms with Crippen molar-refractivity contribution in [3.63, 3.8) is 0 Å². The highest BCUT2D eigenvalue weighted by Gasteiger charge is 2.27. The molecule has 26 heavy (non-hydrogen) atoms. The van der Waals surface area contributed by atoms with Crippen LogP contribution in [0, 0.1) is 6.92 Å². The first-order valence-corrected chi connectivity index (χ1v) is 9.23. The number of aryl methyl sites for hydroxylation is 1. The lowest BCUT2D eigenvalue weighted by atomic mass is 10.2. The van der Waals surface area contributed by atoms with E-state index in [9.17, 15) is 9.90 Å². The maximum absolute atomic E-state index is 12.2. The summed E-state index contributed by atoms with van der Waals surface area (Å²) >= 11 is 12.5. The van der Waals surface area contributed by atoms with Crippen LogP contribution in [-0.4, -0.2) is 28.7 Å². The molecule has 0 aliphatic heterocycles. The van der Waals surface area contributed by atoms with Crippen molar-refractivity contribution in [3.05, 3.63) is 57.7 Å². The minimum atomic E-state index is -0.990. The van der Waals surface area contributed by atoms with Crippen LogP contribution in [0.15, 0.2) is 36.4 Å². The number of benzene rings is 2. The Morgan fingerprint density at radius 2 is 1.65 bits per heavy atom. The normalized spacial score (nSPS) is 11.1. The number of carboxylic acids is 1. The van der Waals surface area contributed by atoms with Crippen LogP contribution < -0.4 is 4.90 Å². The topological polar surface area (TPSA) is 45.5 Å². The Kier molecular flexibility index (Phi) is 5.17. The number of carboxylic acid groups (broad SMARTS) is 1. The third kappa shape index (κ3) is 3.04. The van der Waals surface area contributed by atoms with Gasteiger partial charge in [-0.2, -0.15) is 0 Å². The average molecular weight is 391 g/mol. The van der Waals surface area contributed by atoms with Gasteiger partial charge in [-0.05, 0) is 45.0 Å². The third-order valence-corrected chi connectivity index (χ3v) is 5.28. The van der Waals surface area contributed by atoms with Gasteiger partial charge in [0.2, 0.25) is 0 Å². The van der Waals surface area contributed by atoms with E-state index in [1.165, 1.54) is 0 Å². The molecule has 3 rings (SSSR count). The number of aromatic nitrogens is 1. The number of rotatable bonds is 5. The van der Waals surface area contributed by atoms with E-state index in [0.29, 0.717) is 28.8 Å². The summed E-state index contributed by atoms with van der Waals surface area (Å²) in [7, 11) is 0. The highest BCUT2D eigenvalue weighted by Crippen LogP contribution is 2.40. The fourth-order valence-corrected chi connectivity index (χ4v) is 3.61. The van der Waals surface area contributed by atoms with Crippen LogP contribution in [0.2, 0.25) is 10.0 Å². The Hall–Kier alpha value is -2.17. The average Bonchev–Trinajstić information content (AvgIpc) is 2.92. The predicted molar refractivity (Wildman–Crippen MR) is 109 cm³/mol. The molecule has 0 aliphatic rings. The van der Waals surface area contributed by atoms with E-state index in [-0.39, 0.29) is 5.69 Å². The summed E-state index contributed by atoms with van der Waals surface area (Å²) in [5.41, 5.74) is 3.48. The first-order chi connectivity index (χ1) is 12.4. The quantitative estimate of drug-likeness (QED) is 0.599. The first-order valence-electron chi connectivity index (χ1n) is 8.47. The number of anilines is 1. The zero-order valence-corrected chi connectivity index (χ0v) is 16.4. The van der Waals surface area contributed by atoms with Gasteiger partial charge < -0.3 is 14.6 Å². The first kappa shape index (κ1) is 18.6. The van der Waals surface area contributed by atoms with Gasteiger partial charge in [0.25, 0.3) is 0 Å².